The maximum Gasteiger partial charge on any atom is 0.186 e. The molecule has 5 heteroatoms. The Balaban J connectivity index is 2.66. The molecule has 0 bridgehead atoms. The second-order valence-corrected chi connectivity index (χ2v) is 3.35. The largest absolute Gasteiger partial charge is 0.388 e. The Hall–Kier alpha value is -0.200. The lowest BCUT2D eigenvalue weighted by Gasteiger charge is -2.40. The van der Waals surface area contributed by atoms with Gasteiger partial charge in [0.05, 0.1) is 6.10 Å². The van der Waals surface area contributed by atoms with Gasteiger partial charge in [0.1, 0.15) is 18.3 Å². The van der Waals surface area contributed by atoms with Crippen molar-refractivity contribution < 1.29 is 24.4 Å². The molecule has 14 heavy (non-hydrogen) atoms. The third-order valence-electron chi connectivity index (χ3n) is 2.39. The first kappa shape index (κ1) is 11.9. The molecule has 0 amide bonds. The van der Waals surface area contributed by atoms with E-state index in [2.05, 4.69) is 0 Å². The van der Waals surface area contributed by atoms with E-state index < -0.39 is 30.7 Å². The highest BCUT2D eigenvalue weighted by Gasteiger charge is 2.43. The molecule has 1 aliphatic heterocycles. The van der Waals surface area contributed by atoms with Gasteiger partial charge in [0.2, 0.25) is 0 Å². The number of aliphatic hydroxyl groups is 2. The lowest BCUT2D eigenvalue weighted by Crippen LogP contribution is -2.58. The quantitative estimate of drug-likeness (QED) is 0.652. The maximum atomic E-state index is 9.67. The minimum absolute atomic E-state index is 0.451. The molecule has 0 saturated carbocycles. The summed E-state index contributed by atoms with van der Waals surface area (Å²) in [5.74, 6) is 0. The molecule has 1 heterocycles. The third-order valence-corrected chi connectivity index (χ3v) is 2.39. The highest BCUT2D eigenvalue weighted by atomic mass is 16.7. The van der Waals surface area contributed by atoms with Gasteiger partial charge in [-0.05, 0) is 13.8 Å². The van der Waals surface area contributed by atoms with Gasteiger partial charge in [0, 0.05) is 13.7 Å². The normalized spacial score (nSPS) is 43.9. The molecule has 0 radical (unpaired) electrons. The smallest absolute Gasteiger partial charge is 0.186 e. The number of rotatable bonds is 3. The van der Waals surface area contributed by atoms with E-state index in [-0.39, 0.29) is 0 Å². The van der Waals surface area contributed by atoms with E-state index in [1.807, 2.05) is 6.92 Å². The Morgan fingerprint density at radius 1 is 1.29 bits per heavy atom. The summed E-state index contributed by atoms with van der Waals surface area (Å²) in [6.45, 7) is 3.99. The van der Waals surface area contributed by atoms with Crippen LogP contribution in [-0.2, 0) is 14.2 Å². The van der Waals surface area contributed by atoms with Gasteiger partial charge < -0.3 is 24.4 Å². The van der Waals surface area contributed by atoms with Crippen LogP contribution in [0.1, 0.15) is 13.8 Å². The van der Waals surface area contributed by atoms with Crippen LogP contribution < -0.4 is 0 Å². The minimum atomic E-state index is -0.972. The molecule has 1 rings (SSSR count). The Morgan fingerprint density at radius 3 is 2.43 bits per heavy atom. The number of methoxy groups -OCH3 is 1. The van der Waals surface area contributed by atoms with Gasteiger partial charge in [-0.3, -0.25) is 0 Å². The van der Waals surface area contributed by atoms with E-state index in [0.29, 0.717) is 6.61 Å². The average molecular weight is 206 g/mol. The fourth-order valence-electron chi connectivity index (χ4n) is 1.55. The summed E-state index contributed by atoms with van der Waals surface area (Å²) in [6.07, 6.45) is -3.61. The second-order valence-electron chi connectivity index (χ2n) is 3.35. The van der Waals surface area contributed by atoms with Gasteiger partial charge in [0.25, 0.3) is 0 Å². The van der Waals surface area contributed by atoms with Crippen LogP contribution >= 0.6 is 0 Å². The van der Waals surface area contributed by atoms with Gasteiger partial charge in [-0.15, -0.1) is 0 Å². The lowest BCUT2D eigenvalue weighted by molar-refractivity contribution is -0.297. The van der Waals surface area contributed by atoms with Crippen molar-refractivity contribution in [3.8, 4) is 0 Å². The topological polar surface area (TPSA) is 68.2 Å². The second kappa shape index (κ2) is 5.04. The molecule has 2 N–H and O–H groups in total. The van der Waals surface area contributed by atoms with Crippen molar-refractivity contribution in [1.29, 1.82) is 0 Å². The SMILES string of the molecule is CCOC1OC(C)C(O)C(O)C1OC. The van der Waals surface area contributed by atoms with Crippen molar-refractivity contribution >= 4 is 0 Å². The van der Waals surface area contributed by atoms with Gasteiger partial charge in [-0.1, -0.05) is 0 Å². The summed E-state index contributed by atoms with van der Waals surface area (Å²) in [4.78, 5) is 0. The molecule has 0 aromatic rings. The zero-order valence-corrected chi connectivity index (χ0v) is 8.71. The molecule has 5 atom stereocenters. The van der Waals surface area contributed by atoms with Crippen molar-refractivity contribution in [2.45, 2.75) is 44.6 Å². The van der Waals surface area contributed by atoms with Crippen molar-refractivity contribution in [3.05, 3.63) is 0 Å². The molecule has 5 unspecified atom stereocenters. The van der Waals surface area contributed by atoms with Crippen LogP contribution in [0, 0.1) is 0 Å². The van der Waals surface area contributed by atoms with E-state index in [9.17, 15) is 10.2 Å². The van der Waals surface area contributed by atoms with Crippen LogP contribution in [-0.4, -0.2) is 54.6 Å². The molecular weight excluding hydrogens is 188 g/mol. The van der Waals surface area contributed by atoms with E-state index in [1.165, 1.54) is 7.11 Å². The summed E-state index contributed by atoms with van der Waals surface area (Å²) in [7, 11) is 1.45. The molecule has 1 aliphatic rings. The van der Waals surface area contributed by atoms with E-state index in [0.717, 1.165) is 0 Å². The zero-order chi connectivity index (χ0) is 10.7. The third kappa shape index (κ3) is 2.24. The highest BCUT2D eigenvalue weighted by Crippen LogP contribution is 2.23. The number of hydrogen-bond acceptors (Lipinski definition) is 5. The summed E-state index contributed by atoms with van der Waals surface area (Å²) < 4.78 is 15.6. The highest BCUT2D eigenvalue weighted by molar-refractivity contribution is 4.88. The summed E-state index contributed by atoms with van der Waals surface area (Å²) in [5.41, 5.74) is 0. The fraction of sp³-hybridized carbons (Fsp3) is 1.00. The first-order chi connectivity index (χ1) is 6.61. The Kier molecular flexibility index (Phi) is 4.28. The molecule has 84 valence electrons. The monoisotopic (exact) mass is 206 g/mol. The summed E-state index contributed by atoms with van der Waals surface area (Å²) >= 11 is 0. The predicted molar refractivity (Wildman–Crippen MR) is 48.8 cm³/mol. The molecule has 1 fully saturated rings. The summed E-state index contributed by atoms with van der Waals surface area (Å²) in [6, 6.07) is 0. The molecule has 1 saturated heterocycles. The van der Waals surface area contributed by atoms with Gasteiger partial charge in [0.15, 0.2) is 6.29 Å². The van der Waals surface area contributed by atoms with Crippen molar-refractivity contribution in [1.82, 2.24) is 0 Å². The summed E-state index contributed by atoms with van der Waals surface area (Å²) in [5, 5.41) is 19.2. The first-order valence-corrected chi connectivity index (χ1v) is 4.77. The fourth-order valence-corrected chi connectivity index (χ4v) is 1.55. The average Bonchev–Trinajstić information content (AvgIpc) is 2.16. The standard InChI is InChI=1S/C9H18O5/c1-4-13-9-8(12-3)7(11)6(10)5(2)14-9/h5-11H,4H2,1-3H3. The number of aliphatic hydroxyl groups excluding tert-OH is 2. The van der Waals surface area contributed by atoms with E-state index >= 15 is 0 Å². The van der Waals surface area contributed by atoms with Gasteiger partial charge >= 0.3 is 0 Å². The van der Waals surface area contributed by atoms with E-state index in [4.69, 9.17) is 14.2 Å². The Labute approximate surface area is 83.6 Å². The Bertz CT molecular complexity index is 175. The van der Waals surface area contributed by atoms with Gasteiger partial charge in [-0.2, -0.15) is 0 Å². The minimum Gasteiger partial charge on any atom is -0.388 e. The van der Waals surface area contributed by atoms with Crippen molar-refractivity contribution in [2.75, 3.05) is 13.7 Å². The maximum absolute atomic E-state index is 9.67. The van der Waals surface area contributed by atoms with Crippen molar-refractivity contribution in [3.63, 3.8) is 0 Å². The van der Waals surface area contributed by atoms with Crippen LogP contribution in [0.2, 0.25) is 0 Å². The zero-order valence-electron chi connectivity index (χ0n) is 8.71. The predicted octanol–water partition coefficient (Wildman–Crippen LogP) is -0.496. The van der Waals surface area contributed by atoms with Crippen LogP contribution in [0.15, 0.2) is 0 Å². The van der Waals surface area contributed by atoms with Crippen LogP contribution in [0.25, 0.3) is 0 Å². The van der Waals surface area contributed by atoms with Gasteiger partial charge in [-0.25, -0.2) is 0 Å². The van der Waals surface area contributed by atoms with E-state index in [1.54, 1.807) is 6.92 Å². The molecule has 0 aliphatic carbocycles. The van der Waals surface area contributed by atoms with Crippen LogP contribution in [0.4, 0.5) is 0 Å². The number of hydrogen-bond donors (Lipinski definition) is 2. The van der Waals surface area contributed by atoms with Crippen molar-refractivity contribution in [2.24, 2.45) is 0 Å². The molecule has 5 nitrogen and oxygen atoms in total. The Morgan fingerprint density at radius 2 is 1.93 bits per heavy atom. The van der Waals surface area contributed by atoms with Crippen LogP contribution in [0.3, 0.4) is 0 Å². The lowest BCUT2D eigenvalue weighted by atomic mass is 10.00. The first-order valence-electron chi connectivity index (χ1n) is 4.77. The molecule has 0 spiro atoms. The van der Waals surface area contributed by atoms with Crippen LogP contribution in [0.5, 0.6) is 0 Å². The molecular formula is C9H18O5. The molecule has 0 aromatic heterocycles. The molecule has 0 aromatic carbocycles. The number of ether oxygens (including phenoxy) is 3.